The van der Waals surface area contributed by atoms with Gasteiger partial charge in [0.15, 0.2) is 5.13 Å². The minimum Gasteiger partial charge on any atom is -0.445 e. The van der Waals surface area contributed by atoms with Crippen molar-refractivity contribution in [3.63, 3.8) is 0 Å². The maximum Gasteiger partial charge on any atom is 0.327 e. The van der Waals surface area contributed by atoms with Gasteiger partial charge in [-0.15, -0.1) is 0 Å². The molecule has 2 aromatic carbocycles. The molecule has 7 nitrogen and oxygen atoms in total. The van der Waals surface area contributed by atoms with Crippen molar-refractivity contribution in [1.29, 1.82) is 0 Å². The standard InChI is InChI=1S/C22H23FN4O3S2/c1-26(17-8-6-10-19(14-17)32(29)27-11-3-2-4-12-27)22(28)25-21-24-15-20(31-21)30-18-9-5-7-16(23)13-18/h5-10,13-15H,2-4,11-12H2,1H3,(H,24,25,28). The Morgan fingerprint density at radius 1 is 1.19 bits per heavy atom. The molecule has 1 atom stereocenters. The second-order valence-electron chi connectivity index (χ2n) is 7.27. The van der Waals surface area contributed by atoms with Gasteiger partial charge in [-0.25, -0.2) is 22.7 Å². The van der Waals surface area contributed by atoms with Gasteiger partial charge >= 0.3 is 6.03 Å². The number of urea groups is 1. The van der Waals surface area contributed by atoms with Crippen molar-refractivity contribution in [3.8, 4) is 10.8 Å². The van der Waals surface area contributed by atoms with Gasteiger partial charge in [0, 0.05) is 31.9 Å². The molecule has 1 N–H and O–H groups in total. The number of carbonyl (C=O) groups is 1. The molecule has 1 fully saturated rings. The number of ether oxygens (including phenoxy) is 1. The molecule has 1 saturated heterocycles. The predicted molar refractivity (Wildman–Crippen MR) is 124 cm³/mol. The fourth-order valence-electron chi connectivity index (χ4n) is 3.28. The van der Waals surface area contributed by atoms with E-state index in [9.17, 15) is 13.4 Å². The first-order chi connectivity index (χ1) is 15.5. The molecule has 0 radical (unpaired) electrons. The first-order valence-corrected chi connectivity index (χ1v) is 12.1. The number of aromatic nitrogens is 1. The van der Waals surface area contributed by atoms with Crippen LogP contribution in [-0.2, 0) is 11.0 Å². The summed E-state index contributed by atoms with van der Waals surface area (Å²) in [6.07, 6.45) is 4.73. The molecule has 0 saturated carbocycles. The van der Waals surface area contributed by atoms with Crippen LogP contribution < -0.4 is 15.0 Å². The number of halogens is 1. The molecule has 32 heavy (non-hydrogen) atoms. The number of rotatable bonds is 6. The lowest BCUT2D eigenvalue weighted by Gasteiger charge is -2.25. The summed E-state index contributed by atoms with van der Waals surface area (Å²) in [4.78, 5) is 19.0. The average molecular weight is 475 g/mol. The highest BCUT2D eigenvalue weighted by atomic mass is 32.2. The van der Waals surface area contributed by atoms with E-state index in [1.165, 1.54) is 29.7 Å². The Balaban J connectivity index is 1.40. The molecule has 1 aliphatic heterocycles. The Labute approximate surface area is 192 Å². The summed E-state index contributed by atoms with van der Waals surface area (Å²) in [6, 6.07) is 12.6. The zero-order valence-corrected chi connectivity index (χ0v) is 19.1. The lowest BCUT2D eigenvalue weighted by atomic mass is 10.2. The van der Waals surface area contributed by atoms with Crippen LogP contribution in [0.4, 0.5) is 20.0 Å². The second-order valence-corrected chi connectivity index (χ2v) is 9.75. The number of amides is 2. The molecule has 2 heterocycles. The van der Waals surface area contributed by atoms with Crippen molar-refractivity contribution in [2.45, 2.75) is 24.2 Å². The summed E-state index contributed by atoms with van der Waals surface area (Å²) in [5, 5.41) is 3.50. The molecule has 3 aromatic rings. The van der Waals surface area contributed by atoms with E-state index in [0.29, 0.717) is 26.5 Å². The van der Waals surface area contributed by atoms with Crippen molar-refractivity contribution < 1.29 is 18.1 Å². The zero-order chi connectivity index (χ0) is 22.5. The molecule has 0 aliphatic carbocycles. The van der Waals surface area contributed by atoms with Crippen LogP contribution in [0.3, 0.4) is 0 Å². The highest BCUT2D eigenvalue weighted by Crippen LogP contribution is 2.31. The molecule has 0 bridgehead atoms. The van der Waals surface area contributed by atoms with Crippen LogP contribution in [-0.4, -0.2) is 39.7 Å². The largest absolute Gasteiger partial charge is 0.445 e. The number of hydrogen-bond acceptors (Lipinski definition) is 5. The normalized spacial score (nSPS) is 15.2. The van der Waals surface area contributed by atoms with E-state index in [0.717, 1.165) is 37.3 Å². The van der Waals surface area contributed by atoms with Crippen molar-refractivity contribution in [2.75, 3.05) is 30.4 Å². The van der Waals surface area contributed by atoms with Crippen molar-refractivity contribution in [2.24, 2.45) is 0 Å². The number of thiazole rings is 1. The predicted octanol–water partition coefficient (Wildman–Crippen LogP) is 5.25. The van der Waals surface area contributed by atoms with Gasteiger partial charge in [-0.05, 0) is 43.2 Å². The third-order valence-corrected chi connectivity index (χ3v) is 7.26. The Morgan fingerprint density at radius 2 is 1.97 bits per heavy atom. The second kappa shape index (κ2) is 10.2. The van der Waals surface area contributed by atoms with Gasteiger partial charge in [0.25, 0.3) is 0 Å². The molecule has 1 aromatic heterocycles. The maximum atomic E-state index is 13.3. The van der Waals surface area contributed by atoms with Gasteiger partial charge in [0.1, 0.15) is 22.6 Å². The number of nitrogens with one attached hydrogen (secondary N) is 1. The summed E-state index contributed by atoms with van der Waals surface area (Å²) < 4.78 is 33.7. The summed E-state index contributed by atoms with van der Waals surface area (Å²) in [5.41, 5.74) is 0.623. The molecule has 1 aliphatic rings. The molecule has 10 heteroatoms. The smallest absolute Gasteiger partial charge is 0.327 e. The van der Waals surface area contributed by atoms with Gasteiger partial charge in [0.05, 0.1) is 11.1 Å². The average Bonchev–Trinajstić information content (AvgIpc) is 3.25. The highest BCUT2D eigenvalue weighted by molar-refractivity contribution is 7.82. The summed E-state index contributed by atoms with van der Waals surface area (Å²) in [5.74, 6) is -0.0484. The lowest BCUT2D eigenvalue weighted by Crippen LogP contribution is -2.32. The quantitative estimate of drug-likeness (QED) is 0.529. The number of benzene rings is 2. The number of carbonyl (C=O) groups excluding carboxylic acids is 1. The van der Waals surface area contributed by atoms with Crippen LogP contribution in [0.25, 0.3) is 0 Å². The fourth-order valence-corrected chi connectivity index (χ4v) is 5.27. The highest BCUT2D eigenvalue weighted by Gasteiger charge is 2.20. The Kier molecular flexibility index (Phi) is 7.13. The summed E-state index contributed by atoms with van der Waals surface area (Å²) in [6.45, 7) is 1.63. The molecular weight excluding hydrogens is 451 g/mol. The number of piperidine rings is 1. The van der Waals surface area contributed by atoms with E-state index in [1.807, 2.05) is 10.4 Å². The van der Waals surface area contributed by atoms with E-state index in [-0.39, 0.29) is 0 Å². The topological polar surface area (TPSA) is 74.8 Å². The monoisotopic (exact) mass is 474 g/mol. The summed E-state index contributed by atoms with van der Waals surface area (Å²) in [7, 11) is 0.391. The van der Waals surface area contributed by atoms with Crippen molar-refractivity contribution in [3.05, 3.63) is 60.5 Å². The Morgan fingerprint density at radius 3 is 2.75 bits per heavy atom. The van der Waals surface area contributed by atoms with E-state index in [4.69, 9.17) is 4.74 Å². The number of nitrogens with zero attached hydrogens (tertiary/aromatic N) is 3. The molecular formula is C22H23FN4O3S2. The SMILES string of the molecule is CN(C(=O)Nc1ncc(Oc2cccc(F)c2)s1)c1cccc(S(=O)N2CCCCC2)c1. The van der Waals surface area contributed by atoms with Crippen LogP contribution in [0, 0.1) is 5.82 Å². The van der Waals surface area contributed by atoms with Crippen molar-refractivity contribution >= 4 is 39.2 Å². The molecule has 2 amide bonds. The Hall–Kier alpha value is -2.82. The fraction of sp³-hybridized carbons (Fsp3) is 0.273. The van der Waals surface area contributed by atoms with E-state index in [2.05, 4.69) is 10.3 Å². The molecule has 4 rings (SSSR count). The van der Waals surface area contributed by atoms with E-state index in [1.54, 1.807) is 37.4 Å². The first kappa shape index (κ1) is 22.4. The maximum absolute atomic E-state index is 13.3. The Bertz CT molecular complexity index is 1120. The van der Waals surface area contributed by atoms with Gasteiger partial charge in [-0.3, -0.25) is 10.2 Å². The first-order valence-electron chi connectivity index (χ1n) is 10.2. The molecule has 1 unspecified atom stereocenters. The van der Waals surface area contributed by atoms with Crippen LogP contribution >= 0.6 is 11.3 Å². The van der Waals surface area contributed by atoms with Gasteiger partial charge in [-0.1, -0.05) is 29.9 Å². The number of hydrogen-bond donors (Lipinski definition) is 1. The molecule has 168 valence electrons. The van der Waals surface area contributed by atoms with E-state index >= 15 is 0 Å². The zero-order valence-electron chi connectivity index (χ0n) is 17.5. The van der Waals surface area contributed by atoms with E-state index < -0.39 is 22.8 Å². The van der Waals surface area contributed by atoms with Gasteiger partial charge in [-0.2, -0.15) is 0 Å². The third kappa shape index (κ3) is 5.50. The van der Waals surface area contributed by atoms with Crippen LogP contribution in [0.15, 0.2) is 59.6 Å². The third-order valence-electron chi connectivity index (χ3n) is 4.97. The van der Waals surface area contributed by atoms with Gasteiger partial charge in [0.2, 0.25) is 5.06 Å². The number of anilines is 2. The van der Waals surface area contributed by atoms with Crippen LogP contribution in [0.1, 0.15) is 19.3 Å². The van der Waals surface area contributed by atoms with Gasteiger partial charge < -0.3 is 4.74 Å². The lowest BCUT2D eigenvalue weighted by molar-refractivity contribution is 0.258. The van der Waals surface area contributed by atoms with Crippen LogP contribution in [0.5, 0.6) is 10.8 Å². The summed E-state index contributed by atoms with van der Waals surface area (Å²) >= 11 is 1.13. The minimum atomic E-state index is -1.24. The molecule has 0 spiro atoms. The van der Waals surface area contributed by atoms with Crippen molar-refractivity contribution in [1.82, 2.24) is 9.29 Å². The van der Waals surface area contributed by atoms with Crippen LogP contribution in [0.2, 0.25) is 0 Å². The minimum absolute atomic E-state index is 0.348.